The third-order valence-corrected chi connectivity index (χ3v) is 5.94. The van der Waals surface area contributed by atoms with Crippen LogP contribution >= 0.6 is 0 Å². The molecule has 1 aliphatic rings. The molecule has 0 spiro atoms. The number of phenolic OH excluding ortho intramolecular Hbond substituents is 1. The number of nitrogens with zero attached hydrogens (tertiary/aromatic N) is 1. The summed E-state index contributed by atoms with van der Waals surface area (Å²) in [5.74, 6) is -0.368. The van der Waals surface area contributed by atoms with E-state index in [0.717, 1.165) is 0 Å². The molecular weight excluding hydrogens is 478 g/mol. The Balaban J connectivity index is 1.95. The van der Waals surface area contributed by atoms with E-state index < -0.39 is 42.2 Å². The van der Waals surface area contributed by atoms with E-state index in [2.05, 4.69) is 10.6 Å². The van der Waals surface area contributed by atoms with Gasteiger partial charge in [-0.15, -0.1) is 0 Å². The van der Waals surface area contributed by atoms with Crippen molar-refractivity contribution >= 4 is 23.6 Å². The first-order valence-electron chi connectivity index (χ1n) is 12.1. The van der Waals surface area contributed by atoms with Gasteiger partial charge in [0.05, 0.1) is 13.7 Å². The van der Waals surface area contributed by atoms with Crippen LogP contribution in [-0.2, 0) is 14.3 Å². The second-order valence-electron chi connectivity index (χ2n) is 10.1. The molecule has 2 aromatic rings. The summed E-state index contributed by atoms with van der Waals surface area (Å²) in [6.07, 6.45) is -0.201. The van der Waals surface area contributed by atoms with E-state index in [0.29, 0.717) is 23.4 Å². The molecule has 0 aromatic heterocycles. The highest BCUT2D eigenvalue weighted by molar-refractivity contribution is 5.99. The number of aliphatic hydroxyl groups excluding tert-OH is 1. The topological polar surface area (TPSA) is 137 Å². The van der Waals surface area contributed by atoms with Crippen LogP contribution in [0, 0.1) is 5.92 Å². The van der Waals surface area contributed by atoms with Crippen LogP contribution in [0.3, 0.4) is 0 Å². The lowest BCUT2D eigenvalue weighted by Crippen LogP contribution is -2.54. The number of phenols is 1. The Morgan fingerprint density at radius 1 is 1.08 bits per heavy atom. The first-order valence-corrected chi connectivity index (χ1v) is 12.1. The zero-order valence-electron chi connectivity index (χ0n) is 21.7. The number of hydrogen-bond donors (Lipinski definition) is 4. The molecule has 0 radical (unpaired) electrons. The van der Waals surface area contributed by atoms with E-state index in [1.807, 2.05) is 6.92 Å². The van der Waals surface area contributed by atoms with Crippen molar-refractivity contribution in [2.24, 2.45) is 5.92 Å². The molecule has 1 saturated carbocycles. The smallest absolute Gasteiger partial charge is 0.408 e. The minimum Gasteiger partial charge on any atom is -0.508 e. The summed E-state index contributed by atoms with van der Waals surface area (Å²) in [4.78, 5) is 41.2. The normalized spacial score (nSPS) is 18.2. The number of benzene rings is 2. The molecule has 0 bridgehead atoms. The number of aromatic hydroxyl groups is 1. The van der Waals surface area contributed by atoms with E-state index in [1.54, 1.807) is 57.2 Å². The largest absolute Gasteiger partial charge is 0.508 e. The van der Waals surface area contributed by atoms with Gasteiger partial charge in [0.2, 0.25) is 5.91 Å². The third-order valence-electron chi connectivity index (χ3n) is 5.94. The van der Waals surface area contributed by atoms with Gasteiger partial charge < -0.3 is 35.2 Å². The summed E-state index contributed by atoms with van der Waals surface area (Å²) in [5.41, 5.74) is 0.159. The van der Waals surface area contributed by atoms with Crippen molar-refractivity contribution in [3.05, 3.63) is 54.1 Å². The van der Waals surface area contributed by atoms with Crippen LogP contribution in [-0.4, -0.2) is 64.4 Å². The SMILES string of the molecule is COc1ccc(NC(=O)C(c2ccc(O)cc2)N(C(=O)C(CO)NC(=O)OC(C)(C)C)C2CC2C)cc1. The van der Waals surface area contributed by atoms with Gasteiger partial charge in [-0.05, 0) is 75.1 Å². The summed E-state index contributed by atoms with van der Waals surface area (Å²) < 4.78 is 10.4. The minimum absolute atomic E-state index is 0.00977. The van der Waals surface area contributed by atoms with Crippen molar-refractivity contribution in [1.82, 2.24) is 10.2 Å². The number of carbonyl (C=O) groups excluding carboxylic acids is 3. The minimum atomic E-state index is -1.32. The maximum Gasteiger partial charge on any atom is 0.408 e. The molecular formula is C27H35N3O7. The average molecular weight is 514 g/mol. The maximum atomic E-state index is 13.8. The van der Waals surface area contributed by atoms with Gasteiger partial charge in [0, 0.05) is 11.7 Å². The van der Waals surface area contributed by atoms with Gasteiger partial charge in [0.15, 0.2) is 0 Å². The molecule has 4 unspecified atom stereocenters. The number of carbonyl (C=O) groups is 3. The first kappa shape index (κ1) is 27.8. The highest BCUT2D eigenvalue weighted by Gasteiger charge is 2.48. The molecule has 0 saturated heterocycles. The van der Waals surface area contributed by atoms with Crippen LogP contribution in [0.5, 0.6) is 11.5 Å². The lowest BCUT2D eigenvalue weighted by molar-refractivity contribution is -0.142. The molecule has 2 aromatic carbocycles. The van der Waals surface area contributed by atoms with Gasteiger partial charge in [0.25, 0.3) is 5.91 Å². The molecule has 0 heterocycles. The van der Waals surface area contributed by atoms with Crippen LogP contribution in [0.1, 0.15) is 45.7 Å². The van der Waals surface area contributed by atoms with Crippen LogP contribution in [0.4, 0.5) is 10.5 Å². The van der Waals surface area contributed by atoms with E-state index in [1.165, 1.54) is 24.1 Å². The Morgan fingerprint density at radius 2 is 1.68 bits per heavy atom. The van der Waals surface area contributed by atoms with Gasteiger partial charge in [-0.3, -0.25) is 9.59 Å². The van der Waals surface area contributed by atoms with Crippen molar-refractivity contribution in [3.8, 4) is 11.5 Å². The summed E-state index contributed by atoms with van der Waals surface area (Å²) in [5, 5.41) is 25.1. The second-order valence-corrected chi connectivity index (χ2v) is 10.1. The number of aliphatic hydroxyl groups is 1. The molecule has 1 fully saturated rings. The fourth-order valence-electron chi connectivity index (χ4n) is 3.97. The van der Waals surface area contributed by atoms with E-state index in [-0.39, 0.29) is 17.7 Å². The summed E-state index contributed by atoms with van der Waals surface area (Å²) in [7, 11) is 1.54. The summed E-state index contributed by atoms with van der Waals surface area (Å²) in [6.45, 7) is 6.33. The number of rotatable bonds is 9. The van der Waals surface area contributed by atoms with Crippen molar-refractivity contribution in [2.75, 3.05) is 19.0 Å². The average Bonchev–Trinajstić information content (AvgIpc) is 3.56. The molecule has 3 rings (SSSR count). The van der Waals surface area contributed by atoms with Crippen molar-refractivity contribution in [2.45, 2.75) is 57.8 Å². The Bertz CT molecular complexity index is 1100. The molecule has 10 heteroatoms. The van der Waals surface area contributed by atoms with E-state index in [9.17, 15) is 24.6 Å². The number of amides is 3. The van der Waals surface area contributed by atoms with E-state index in [4.69, 9.17) is 9.47 Å². The molecule has 1 aliphatic carbocycles. The Labute approximate surface area is 216 Å². The first-order chi connectivity index (χ1) is 17.4. The molecule has 4 atom stereocenters. The van der Waals surface area contributed by atoms with Gasteiger partial charge in [-0.2, -0.15) is 0 Å². The molecule has 3 amide bonds. The van der Waals surface area contributed by atoms with Crippen LogP contribution in [0.15, 0.2) is 48.5 Å². The fourth-order valence-corrected chi connectivity index (χ4v) is 3.97. The fraction of sp³-hybridized carbons (Fsp3) is 0.444. The lowest BCUT2D eigenvalue weighted by atomic mass is 10.0. The Morgan fingerprint density at radius 3 is 2.16 bits per heavy atom. The van der Waals surface area contributed by atoms with Crippen molar-refractivity contribution in [1.29, 1.82) is 0 Å². The van der Waals surface area contributed by atoms with Gasteiger partial charge >= 0.3 is 6.09 Å². The predicted octanol–water partition coefficient (Wildman–Crippen LogP) is 3.20. The summed E-state index contributed by atoms with van der Waals surface area (Å²) in [6, 6.07) is 10.0. The number of anilines is 1. The Hall–Kier alpha value is -3.79. The van der Waals surface area contributed by atoms with E-state index >= 15 is 0 Å². The lowest BCUT2D eigenvalue weighted by Gasteiger charge is -2.34. The monoisotopic (exact) mass is 513 g/mol. The third kappa shape index (κ3) is 7.36. The molecule has 4 N–H and O–H groups in total. The van der Waals surface area contributed by atoms with Crippen molar-refractivity contribution in [3.63, 3.8) is 0 Å². The van der Waals surface area contributed by atoms with Crippen molar-refractivity contribution < 1.29 is 34.1 Å². The predicted molar refractivity (Wildman–Crippen MR) is 137 cm³/mol. The molecule has 10 nitrogen and oxygen atoms in total. The quantitative estimate of drug-likeness (QED) is 0.404. The number of methoxy groups -OCH3 is 1. The molecule has 200 valence electrons. The zero-order chi connectivity index (χ0) is 27.3. The van der Waals surface area contributed by atoms with Crippen LogP contribution < -0.4 is 15.4 Å². The van der Waals surface area contributed by atoms with Gasteiger partial charge in [0.1, 0.15) is 29.2 Å². The highest BCUT2D eigenvalue weighted by atomic mass is 16.6. The second kappa shape index (κ2) is 11.5. The standard InChI is InChI=1S/C27H35N3O7/c1-16-14-22(16)30(25(34)21(15-31)29-26(35)37-27(2,3)4)23(17-6-10-19(32)11-7-17)24(33)28-18-8-12-20(36-5)13-9-18/h6-13,16,21-23,31-32H,14-15H2,1-5H3,(H,28,33)(H,29,35). The zero-order valence-corrected chi connectivity index (χ0v) is 21.7. The molecule has 0 aliphatic heterocycles. The van der Waals surface area contributed by atoms with Gasteiger partial charge in [-0.1, -0.05) is 19.1 Å². The summed E-state index contributed by atoms with van der Waals surface area (Å²) >= 11 is 0. The molecule has 37 heavy (non-hydrogen) atoms. The van der Waals surface area contributed by atoms with Crippen LogP contribution in [0.25, 0.3) is 0 Å². The number of hydrogen-bond acceptors (Lipinski definition) is 7. The number of nitrogens with one attached hydrogen (secondary N) is 2. The maximum absolute atomic E-state index is 13.8. The highest BCUT2D eigenvalue weighted by Crippen LogP contribution is 2.41. The van der Waals surface area contributed by atoms with Gasteiger partial charge in [-0.25, -0.2) is 4.79 Å². The number of alkyl carbamates (subject to hydrolysis) is 1. The van der Waals surface area contributed by atoms with Crippen LogP contribution in [0.2, 0.25) is 0 Å². The Kier molecular flexibility index (Phi) is 8.65. The number of ether oxygens (including phenoxy) is 2.